The van der Waals surface area contributed by atoms with E-state index >= 15 is 0 Å². The van der Waals surface area contributed by atoms with Crippen LogP contribution in [0.1, 0.15) is 11.1 Å². The first-order chi connectivity index (χ1) is 15.6. The molecule has 0 nitrogen and oxygen atoms in total. The van der Waals surface area contributed by atoms with E-state index in [0.29, 0.717) is 13.6 Å². The summed E-state index contributed by atoms with van der Waals surface area (Å²) in [6, 6.07) is 7.40. The summed E-state index contributed by atoms with van der Waals surface area (Å²) in [7, 11) is 45.8. The van der Waals surface area contributed by atoms with Gasteiger partial charge in [-0.05, 0) is 71.8 Å². The van der Waals surface area contributed by atoms with Crippen LogP contribution >= 0.6 is 45.8 Å². The highest BCUT2D eigenvalue weighted by Gasteiger charge is 2.36. The van der Waals surface area contributed by atoms with Crippen LogP contribution in [0.5, 0.6) is 0 Å². The van der Waals surface area contributed by atoms with E-state index in [-0.39, 0.29) is 11.6 Å². The van der Waals surface area contributed by atoms with E-state index < -0.39 is 38.3 Å². The van der Waals surface area contributed by atoms with Crippen molar-refractivity contribution >= 4 is 153 Å². The Morgan fingerprint density at radius 3 is 1.59 bits per heavy atom. The standard InChI is InChI=1S/C7H5ClFI.C7H6ClF.B15/c1-4-2-7(10)6(9)3-5(4)8;1-5-2-3-6(9)4-7(5)8;1-9-13(8)15(12(6)7)14(10(2)3)11(4)5/h2-3H,1H3;2-4H,1H3;. The van der Waals surface area contributed by atoms with Crippen LogP contribution in [0, 0.1) is 29.1 Å². The molecule has 34 heavy (non-hydrogen) atoms. The van der Waals surface area contributed by atoms with Crippen LogP contribution in [0.4, 0.5) is 8.78 Å². The van der Waals surface area contributed by atoms with Gasteiger partial charge in [-0.25, -0.2) is 8.78 Å². The van der Waals surface area contributed by atoms with Gasteiger partial charge in [0, 0.05) is 121 Å². The molecule has 0 saturated carbocycles. The maximum absolute atomic E-state index is 12.7. The Bertz CT molecular complexity index is 836. The minimum Gasteiger partial charge on any atom is -0.207 e. The van der Waals surface area contributed by atoms with Gasteiger partial charge in [0.25, 0.3) is 0 Å². The molecule has 2 rings (SSSR count). The van der Waals surface area contributed by atoms with E-state index in [1.54, 1.807) is 12.1 Å². The van der Waals surface area contributed by atoms with Crippen molar-refractivity contribution in [3.05, 3.63) is 66.7 Å². The third kappa shape index (κ3) is 12.2. The summed E-state index contributed by atoms with van der Waals surface area (Å²) in [6.45, 7) is 3.69. The number of aryl methyl sites for hydroxylation is 2. The lowest BCUT2D eigenvalue weighted by Crippen LogP contribution is -2.73. The molecule has 0 atom stereocenters. The van der Waals surface area contributed by atoms with Crippen molar-refractivity contribution in [3.8, 4) is 0 Å². The van der Waals surface area contributed by atoms with Gasteiger partial charge in [0.2, 0.25) is 0 Å². The quantitative estimate of drug-likeness (QED) is 0.266. The molecule has 0 aliphatic heterocycles. The maximum atomic E-state index is 12.7. The van der Waals surface area contributed by atoms with E-state index in [9.17, 15) is 8.78 Å². The second kappa shape index (κ2) is 17.2. The molecule has 0 fully saturated rings. The topological polar surface area (TPSA) is 0 Å². The molecule has 20 heteroatoms. The van der Waals surface area contributed by atoms with Gasteiger partial charge in [-0.2, -0.15) is 0 Å². The Morgan fingerprint density at radius 2 is 1.24 bits per heavy atom. The Balaban J connectivity index is 0.000000499. The fourth-order valence-corrected chi connectivity index (χ4v) is 3.80. The molecule has 0 aromatic heterocycles. The van der Waals surface area contributed by atoms with Crippen LogP contribution < -0.4 is 0 Å². The van der Waals surface area contributed by atoms with Crippen molar-refractivity contribution < 1.29 is 8.78 Å². The second-order valence-electron chi connectivity index (χ2n) is 7.57. The molecule has 2 aromatic rings. The maximum Gasteiger partial charge on any atom is 0.138 e. The lowest BCUT2D eigenvalue weighted by atomic mass is 8.46. The Hall–Kier alpha value is 0.584. The van der Waals surface area contributed by atoms with E-state index in [1.807, 2.05) is 36.4 Å². The SMILES string of the molecule is Cc1cc(I)c(F)cc1Cl.Cc1ccc(F)cc1Cl.[B][B]B([B])B(B([B])[B])B(B([B])[B])B([B])[B]. The normalized spacial score (nSPS) is 9.38. The Morgan fingerprint density at radius 1 is 0.765 bits per heavy atom. The van der Waals surface area contributed by atoms with Gasteiger partial charge in [0.15, 0.2) is 0 Å². The molecular weight excluding hydrogens is 566 g/mol. The van der Waals surface area contributed by atoms with E-state index in [4.69, 9.17) is 85.1 Å². The number of hydrogen-bond donors (Lipinski definition) is 0. The molecule has 17 radical (unpaired) electrons. The summed E-state index contributed by atoms with van der Waals surface area (Å²) in [5, 5.41) is 0.966. The molecule has 0 bridgehead atoms. The average Bonchev–Trinajstić information content (AvgIpc) is 2.73. The molecular formula is C14H11B15Cl2F2I. The summed E-state index contributed by atoms with van der Waals surface area (Å²) in [5.41, 5.74) is 1.81. The zero-order chi connectivity index (χ0) is 26.7. The fourth-order valence-electron chi connectivity index (χ4n) is 2.86. The largest absolute Gasteiger partial charge is 0.207 e. The van der Waals surface area contributed by atoms with Crippen molar-refractivity contribution in [2.45, 2.75) is 13.8 Å². The summed E-state index contributed by atoms with van der Waals surface area (Å²) < 4.78 is 25.5. The first kappa shape index (κ1) is 34.6. The monoisotopic (exact) mass is 579 g/mol. The number of benzene rings is 2. The lowest BCUT2D eigenvalue weighted by molar-refractivity contribution is 0.620. The molecule has 0 unspecified atom stereocenters. The molecule has 147 valence electrons. The van der Waals surface area contributed by atoms with E-state index in [2.05, 4.69) is 0 Å². The summed E-state index contributed by atoms with van der Waals surface area (Å²) in [5.74, 6) is -0.540. The van der Waals surface area contributed by atoms with Crippen LogP contribution in [-0.4, -0.2) is 107 Å². The Kier molecular flexibility index (Phi) is 17.5. The van der Waals surface area contributed by atoms with Gasteiger partial charge in [-0.1, -0.05) is 29.3 Å². The average molecular weight is 577 g/mol. The fraction of sp³-hybridized carbons (Fsp3) is 0.143. The first-order valence-corrected chi connectivity index (χ1v) is 11.8. The minimum absolute atomic E-state index is 0.254. The van der Waals surface area contributed by atoms with E-state index in [1.165, 1.54) is 25.3 Å². The van der Waals surface area contributed by atoms with Gasteiger partial charge >= 0.3 is 0 Å². The van der Waals surface area contributed by atoms with Crippen LogP contribution in [0.2, 0.25) is 10.0 Å². The molecule has 0 N–H and O–H groups in total. The van der Waals surface area contributed by atoms with Crippen LogP contribution in [-0.2, 0) is 0 Å². The third-order valence-corrected chi connectivity index (χ3v) is 6.42. The molecule has 0 heterocycles. The van der Waals surface area contributed by atoms with E-state index in [0.717, 1.165) is 11.1 Å². The predicted octanol–water partition coefficient (Wildman–Crippen LogP) is 0.468. The predicted molar refractivity (Wildman–Crippen MR) is 171 cm³/mol. The van der Waals surface area contributed by atoms with Gasteiger partial charge in [-0.3, -0.25) is 0 Å². The minimum atomic E-state index is -0.754. The van der Waals surface area contributed by atoms with Crippen LogP contribution in [0.15, 0.2) is 30.3 Å². The highest BCUT2D eigenvalue weighted by Crippen LogP contribution is 2.20. The van der Waals surface area contributed by atoms with Gasteiger partial charge in [0.1, 0.15) is 11.6 Å². The third-order valence-electron chi connectivity index (χ3n) is 4.78. The van der Waals surface area contributed by atoms with Gasteiger partial charge in [-0.15, -0.1) is 0 Å². The molecule has 0 aliphatic rings. The summed E-state index contributed by atoms with van der Waals surface area (Å²) in [6.07, 6.45) is -3.77. The van der Waals surface area contributed by atoms with Crippen molar-refractivity contribution in [1.82, 2.24) is 0 Å². The molecule has 0 aliphatic carbocycles. The van der Waals surface area contributed by atoms with Gasteiger partial charge in [0.05, 0.1) is 0 Å². The van der Waals surface area contributed by atoms with Crippen molar-refractivity contribution in [2.75, 3.05) is 0 Å². The lowest BCUT2D eigenvalue weighted by Gasteiger charge is -2.35. The summed E-state index contributed by atoms with van der Waals surface area (Å²) >= 11 is 13.1. The zero-order valence-electron chi connectivity index (χ0n) is 18.9. The second-order valence-corrected chi connectivity index (χ2v) is 9.54. The smallest absolute Gasteiger partial charge is 0.138 e. The number of halogens is 5. The highest BCUT2D eigenvalue weighted by molar-refractivity contribution is 14.1. The Labute approximate surface area is 240 Å². The van der Waals surface area contributed by atoms with Crippen molar-refractivity contribution in [3.63, 3.8) is 0 Å². The summed E-state index contributed by atoms with van der Waals surface area (Å²) in [4.78, 5) is 0. The first-order valence-electron chi connectivity index (χ1n) is 10.0. The van der Waals surface area contributed by atoms with Crippen LogP contribution in [0.25, 0.3) is 0 Å². The van der Waals surface area contributed by atoms with Crippen molar-refractivity contribution in [1.29, 1.82) is 0 Å². The number of hydrogen-bond acceptors (Lipinski definition) is 0. The molecule has 0 amide bonds. The van der Waals surface area contributed by atoms with Crippen LogP contribution in [0.3, 0.4) is 0 Å². The van der Waals surface area contributed by atoms with Crippen molar-refractivity contribution in [2.24, 2.45) is 0 Å². The zero-order valence-corrected chi connectivity index (χ0v) is 22.6. The number of rotatable bonds is 6. The molecule has 0 saturated heterocycles. The molecule has 0 spiro atoms. The van der Waals surface area contributed by atoms with Gasteiger partial charge < -0.3 is 0 Å². The highest BCUT2D eigenvalue weighted by atomic mass is 127. The molecule has 2 aromatic carbocycles.